The summed E-state index contributed by atoms with van der Waals surface area (Å²) < 4.78 is 0. The summed E-state index contributed by atoms with van der Waals surface area (Å²) in [7, 11) is 0. The highest BCUT2D eigenvalue weighted by Gasteiger charge is 2.08. The number of carbonyl (C=O) groups excluding carboxylic acids is 2. The molecule has 0 unspecified atom stereocenters. The van der Waals surface area contributed by atoms with Gasteiger partial charge in [-0.3, -0.25) is 14.9 Å². The van der Waals surface area contributed by atoms with Crippen LogP contribution < -0.4 is 5.32 Å². The van der Waals surface area contributed by atoms with Crippen LogP contribution >= 0.6 is 23.2 Å². The third-order valence-corrected chi connectivity index (χ3v) is 0.769. The summed E-state index contributed by atoms with van der Waals surface area (Å²) in [5.74, 6) is -0.761. The van der Waals surface area contributed by atoms with Crippen molar-refractivity contribution < 1.29 is 9.59 Å². The molecule has 5 heteroatoms. The molecule has 0 aromatic carbocycles. The molecule has 0 spiro atoms. The fraction of sp³-hybridized carbons (Fsp3) is 0.333. The highest BCUT2D eigenvalue weighted by atomic mass is 35.5. The van der Waals surface area contributed by atoms with Crippen LogP contribution in [0.4, 0.5) is 0 Å². The van der Waals surface area contributed by atoms with Crippen molar-refractivity contribution in [1.29, 1.82) is 0 Å². The first-order valence-electron chi connectivity index (χ1n) is 1.63. The van der Waals surface area contributed by atoms with Gasteiger partial charge in [0.25, 0.3) is 5.91 Å². The minimum Gasteiger partial charge on any atom is -0.286 e. The van der Waals surface area contributed by atoms with Crippen LogP contribution in [0.25, 0.3) is 0 Å². The van der Waals surface area contributed by atoms with Crippen LogP contribution in [0.1, 0.15) is 0 Å². The van der Waals surface area contributed by atoms with E-state index in [1.54, 1.807) is 5.32 Å². The van der Waals surface area contributed by atoms with Gasteiger partial charge in [0.15, 0.2) is 4.84 Å². The molecule has 8 heavy (non-hydrogen) atoms. The van der Waals surface area contributed by atoms with E-state index in [1.807, 2.05) is 0 Å². The van der Waals surface area contributed by atoms with Gasteiger partial charge in [-0.25, -0.2) is 0 Å². The second kappa shape index (κ2) is 3.69. The molecule has 0 saturated carbocycles. The van der Waals surface area contributed by atoms with Crippen molar-refractivity contribution in [3.8, 4) is 0 Å². The Morgan fingerprint density at radius 3 is 2.25 bits per heavy atom. The lowest BCUT2D eigenvalue weighted by Gasteiger charge is -1.92. The molecular weight excluding hydrogens is 153 g/mol. The van der Waals surface area contributed by atoms with Crippen LogP contribution in [0.3, 0.4) is 0 Å². The van der Waals surface area contributed by atoms with E-state index in [0.717, 1.165) is 6.41 Å². The molecule has 3 nitrogen and oxygen atoms in total. The van der Waals surface area contributed by atoms with Crippen molar-refractivity contribution in [2.75, 3.05) is 0 Å². The number of carbonyl (C=O) groups is 1. The molecule has 2 amide bonds. The highest BCUT2D eigenvalue weighted by Crippen LogP contribution is 1.98. The van der Waals surface area contributed by atoms with E-state index in [1.165, 1.54) is 0 Å². The zero-order valence-electron chi connectivity index (χ0n) is 3.65. The maximum absolute atomic E-state index is 10.1. The van der Waals surface area contributed by atoms with Gasteiger partial charge in [-0.15, -0.1) is 0 Å². The molecular formula is C3H2Cl2NO2. The van der Waals surface area contributed by atoms with Crippen LogP contribution in [0.5, 0.6) is 0 Å². The number of amides is 2. The number of alkyl halides is 2. The first kappa shape index (κ1) is 7.72. The quantitative estimate of drug-likeness (QED) is 0.449. The van der Waals surface area contributed by atoms with Crippen molar-refractivity contribution in [3.63, 3.8) is 0 Å². The summed E-state index contributed by atoms with van der Waals surface area (Å²) in [4.78, 5) is 18.3. The van der Waals surface area contributed by atoms with Gasteiger partial charge < -0.3 is 0 Å². The van der Waals surface area contributed by atoms with Crippen LogP contribution in [0.2, 0.25) is 0 Å². The molecule has 0 rings (SSSR count). The van der Waals surface area contributed by atoms with Gasteiger partial charge in [0, 0.05) is 0 Å². The van der Waals surface area contributed by atoms with Crippen molar-refractivity contribution in [3.05, 3.63) is 0 Å². The van der Waals surface area contributed by atoms with Crippen molar-refractivity contribution >= 4 is 35.5 Å². The van der Waals surface area contributed by atoms with Crippen LogP contribution in [-0.2, 0) is 9.59 Å². The molecule has 0 heterocycles. The fourth-order valence-corrected chi connectivity index (χ4v) is 0.214. The first-order valence-corrected chi connectivity index (χ1v) is 2.51. The van der Waals surface area contributed by atoms with E-state index < -0.39 is 10.7 Å². The van der Waals surface area contributed by atoms with Crippen molar-refractivity contribution in [1.82, 2.24) is 5.32 Å². The highest BCUT2D eigenvalue weighted by molar-refractivity contribution is 6.53. The number of nitrogens with one attached hydrogen (secondary N) is 1. The van der Waals surface area contributed by atoms with Gasteiger partial charge in [-0.2, -0.15) is 0 Å². The van der Waals surface area contributed by atoms with Gasteiger partial charge >= 0.3 is 6.41 Å². The Hall–Kier alpha value is -0.280. The van der Waals surface area contributed by atoms with Crippen LogP contribution in [0.15, 0.2) is 0 Å². The summed E-state index contributed by atoms with van der Waals surface area (Å²) in [6, 6.07) is 0. The standard InChI is InChI=1S/C3H2Cl2NO2/c4-2(5)3(8)6-1-7/h2H,(H,6,7,8). The number of hydrogen-bond acceptors (Lipinski definition) is 2. The molecule has 0 aromatic rings. The minimum absolute atomic E-state index is 0.761. The Bertz CT molecular complexity index is 103. The molecule has 45 valence electrons. The molecule has 1 N–H and O–H groups in total. The normalized spacial score (nSPS) is 8.88. The Kier molecular flexibility index (Phi) is 3.56. The molecule has 0 aliphatic heterocycles. The number of hydrogen-bond donors (Lipinski definition) is 1. The monoisotopic (exact) mass is 154 g/mol. The lowest BCUT2D eigenvalue weighted by atomic mass is 10.7. The van der Waals surface area contributed by atoms with Crippen molar-refractivity contribution in [2.45, 2.75) is 4.84 Å². The maximum Gasteiger partial charge on any atom is 0.316 e. The number of rotatable bonds is 2. The predicted molar refractivity (Wildman–Crippen MR) is 29.3 cm³/mol. The number of halogens is 2. The smallest absolute Gasteiger partial charge is 0.286 e. The average Bonchev–Trinajstić information content (AvgIpc) is 1.67. The van der Waals surface area contributed by atoms with E-state index in [9.17, 15) is 9.59 Å². The zero-order valence-corrected chi connectivity index (χ0v) is 5.16. The summed E-state index contributed by atoms with van der Waals surface area (Å²) in [6.45, 7) is 0. The molecule has 0 fully saturated rings. The van der Waals surface area contributed by atoms with E-state index in [4.69, 9.17) is 23.2 Å². The Morgan fingerprint density at radius 2 is 2.12 bits per heavy atom. The average molecular weight is 155 g/mol. The van der Waals surface area contributed by atoms with Gasteiger partial charge in [0.05, 0.1) is 0 Å². The minimum atomic E-state index is -1.20. The molecule has 0 aromatic heterocycles. The number of imide groups is 1. The molecule has 0 aliphatic carbocycles. The van der Waals surface area contributed by atoms with Gasteiger partial charge in [-0.1, -0.05) is 23.2 Å². The SMILES string of the molecule is O=[C]NC(=O)C(Cl)Cl. The van der Waals surface area contributed by atoms with Gasteiger partial charge in [0.1, 0.15) is 0 Å². The fourth-order valence-electron chi connectivity index (χ4n) is 0.105. The third-order valence-electron chi connectivity index (χ3n) is 0.372. The molecule has 0 bridgehead atoms. The van der Waals surface area contributed by atoms with Crippen LogP contribution in [-0.4, -0.2) is 17.2 Å². The van der Waals surface area contributed by atoms with Gasteiger partial charge in [-0.05, 0) is 0 Å². The summed E-state index contributed by atoms with van der Waals surface area (Å²) in [5, 5.41) is 1.64. The summed E-state index contributed by atoms with van der Waals surface area (Å²) >= 11 is 9.96. The lowest BCUT2D eigenvalue weighted by Crippen LogP contribution is -2.26. The Labute approximate surface area is 55.9 Å². The van der Waals surface area contributed by atoms with E-state index in [-0.39, 0.29) is 0 Å². The summed E-state index contributed by atoms with van der Waals surface area (Å²) in [5.41, 5.74) is 0. The largest absolute Gasteiger partial charge is 0.316 e. The Balaban J connectivity index is 3.48. The Morgan fingerprint density at radius 1 is 1.62 bits per heavy atom. The van der Waals surface area contributed by atoms with E-state index >= 15 is 0 Å². The second-order valence-electron chi connectivity index (χ2n) is 0.892. The molecule has 1 radical (unpaired) electrons. The molecule has 0 atom stereocenters. The molecule has 0 aliphatic rings. The van der Waals surface area contributed by atoms with E-state index in [0.29, 0.717) is 0 Å². The third kappa shape index (κ3) is 2.82. The molecule has 0 saturated heterocycles. The van der Waals surface area contributed by atoms with Crippen LogP contribution in [0, 0.1) is 0 Å². The van der Waals surface area contributed by atoms with Gasteiger partial charge in [0.2, 0.25) is 0 Å². The first-order chi connectivity index (χ1) is 3.68. The topological polar surface area (TPSA) is 46.2 Å². The van der Waals surface area contributed by atoms with Crippen molar-refractivity contribution in [2.24, 2.45) is 0 Å². The maximum atomic E-state index is 10.1. The zero-order chi connectivity index (χ0) is 6.57. The lowest BCUT2D eigenvalue weighted by molar-refractivity contribution is -0.118. The van der Waals surface area contributed by atoms with E-state index in [2.05, 4.69) is 0 Å². The second-order valence-corrected chi connectivity index (χ2v) is 1.99. The predicted octanol–water partition coefficient (Wildman–Crippen LogP) is -0.0265. The summed E-state index contributed by atoms with van der Waals surface area (Å²) in [6.07, 6.45) is 1.13.